The number of amides is 2. The van der Waals surface area contributed by atoms with E-state index in [0.29, 0.717) is 12.0 Å². The number of halogens is 3. The van der Waals surface area contributed by atoms with Crippen LogP contribution < -0.4 is 0 Å². The molecule has 0 radical (unpaired) electrons. The third-order valence-electron chi connectivity index (χ3n) is 4.64. The molecule has 7 heteroatoms. The molecule has 1 aliphatic rings. The fourth-order valence-electron chi connectivity index (χ4n) is 3.16. The maximum absolute atomic E-state index is 12.7. The molecule has 0 aromatic heterocycles. The van der Waals surface area contributed by atoms with E-state index in [-0.39, 0.29) is 24.9 Å². The number of nitrogens with zero attached hydrogens (tertiary/aromatic N) is 2. The van der Waals surface area contributed by atoms with E-state index in [0.717, 1.165) is 17.7 Å². The summed E-state index contributed by atoms with van der Waals surface area (Å²) in [6.07, 6.45) is -4.05. The van der Waals surface area contributed by atoms with Crippen LogP contribution in [0.1, 0.15) is 16.7 Å². The van der Waals surface area contributed by atoms with E-state index < -0.39 is 17.8 Å². The summed E-state index contributed by atoms with van der Waals surface area (Å²) in [5.74, 6) is -0.400. The van der Waals surface area contributed by atoms with E-state index in [4.69, 9.17) is 0 Å². The molecule has 0 saturated carbocycles. The fraction of sp³-hybridized carbons (Fsp3) is 0.300. The summed E-state index contributed by atoms with van der Waals surface area (Å²) in [7, 11) is 1.58. The van der Waals surface area contributed by atoms with E-state index in [1.54, 1.807) is 7.05 Å². The molecule has 0 aliphatic carbocycles. The van der Waals surface area contributed by atoms with E-state index in [1.807, 2.05) is 30.3 Å². The van der Waals surface area contributed by atoms with E-state index in [1.165, 1.54) is 21.9 Å². The Labute approximate surface area is 155 Å². The maximum Gasteiger partial charge on any atom is 0.416 e. The lowest BCUT2D eigenvalue weighted by molar-refractivity contribution is -0.155. The number of rotatable bonds is 4. The van der Waals surface area contributed by atoms with Gasteiger partial charge < -0.3 is 9.80 Å². The highest BCUT2D eigenvalue weighted by Crippen LogP contribution is 2.29. The van der Waals surface area contributed by atoms with Crippen LogP contribution >= 0.6 is 0 Å². The molecule has 0 N–H and O–H groups in total. The van der Waals surface area contributed by atoms with Crippen LogP contribution in [0.25, 0.3) is 0 Å². The first-order valence-corrected chi connectivity index (χ1v) is 8.50. The number of likely N-dealkylation sites (N-methyl/N-ethyl adjacent to an activating group) is 1. The van der Waals surface area contributed by atoms with Gasteiger partial charge in [0.2, 0.25) is 11.8 Å². The second-order valence-corrected chi connectivity index (χ2v) is 6.62. The quantitative estimate of drug-likeness (QED) is 0.823. The third-order valence-corrected chi connectivity index (χ3v) is 4.64. The van der Waals surface area contributed by atoms with Gasteiger partial charge in [0, 0.05) is 20.0 Å². The van der Waals surface area contributed by atoms with E-state index >= 15 is 0 Å². The van der Waals surface area contributed by atoms with Gasteiger partial charge in [-0.05, 0) is 23.3 Å². The highest BCUT2D eigenvalue weighted by Gasteiger charge is 2.38. The van der Waals surface area contributed by atoms with Crippen LogP contribution in [-0.4, -0.2) is 41.2 Å². The summed E-state index contributed by atoms with van der Waals surface area (Å²) in [6.45, 7) is 0.0544. The summed E-state index contributed by atoms with van der Waals surface area (Å²) in [5, 5.41) is 0. The molecule has 0 spiro atoms. The zero-order chi connectivity index (χ0) is 19.6. The predicted molar refractivity (Wildman–Crippen MR) is 93.6 cm³/mol. The van der Waals surface area contributed by atoms with Crippen LogP contribution in [0.4, 0.5) is 13.2 Å². The molecule has 0 bridgehead atoms. The van der Waals surface area contributed by atoms with Gasteiger partial charge in [-0.2, -0.15) is 13.2 Å². The average Bonchev–Trinajstić information content (AvgIpc) is 2.63. The molecule has 1 saturated heterocycles. The highest BCUT2D eigenvalue weighted by atomic mass is 19.4. The number of hydrogen-bond donors (Lipinski definition) is 0. The third kappa shape index (κ3) is 4.30. The Hall–Kier alpha value is -2.83. The Kier molecular flexibility index (Phi) is 5.21. The Morgan fingerprint density at radius 1 is 0.963 bits per heavy atom. The summed E-state index contributed by atoms with van der Waals surface area (Å²) >= 11 is 0. The molecule has 2 aromatic carbocycles. The lowest BCUT2D eigenvalue weighted by atomic mass is 10.00. The van der Waals surface area contributed by atoms with Crippen molar-refractivity contribution in [3.05, 3.63) is 71.3 Å². The molecule has 1 heterocycles. The second-order valence-electron chi connectivity index (χ2n) is 6.62. The van der Waals surface area contributed by atoms with Gasteiger partial charge in [0.05, 0.1) is 12.1 Å². The van der Waals surface area contributed by atoms with Gasteiger partial charge in [-0.15, -0.1) is 0 Å². The van der Waals surface area contributed by atoms with Crippen molar-refractivity contribution in [3.8, 4) is 0 Å². The monoisotopic (exact) mass is 376 g/mol. The molecule has 4 nitrogen and oxygen atoms in total. The Bertz CT molecular complexity index is 819. The first kappa shape index (κ1) is 18.9. The largest absolute Gasteiger partial charge is 0.416 e. The van der Waals surface area contributed by atoms with Crippen LogP contribution in [0, 0.1) is 0 Å². The van der Waals surface area contributed by atoms with Crippen molar-refractivity contribution in [1.82, 2.24) is 9.80 Å². The molecule has 1 fully saturated rings. The van der Waals surface area contributed by atoms with Gasteiger partial charge in [0.25, 0.3) is 0 Å². The van der Waals surface area contributed by atoms with Gasteiger partial charge in [0.15, 0.2) is 0 Å². The van der Waals surface area contributed by atoms with Crippen LogP contribution in [0.2, 0.25) is 0 Å². The average molecular weight is 376 g/mol. The SMILES string of the molecule is CN1CC(=O)N(Cc2ccc(C(F)(F)F)cc2)[C@H](Cc2ccccc2)C1=O. The Morgan fingerprint density at radius 2 is 1.59 bits per heavy atom. The minimum Gasteiger partial charge on any atom is -0.335 e. The Balaban J connectivity index is 1.83. The van der Waals surface area contributed by atoms with Gasteiger partial charge in [-0.3, -0.25) is 9.59 Å². The van der Waals surface area contributed by atoms with Crippen LogP contribution in [0.5, 0.6) is 0 Å². The number of hydrogen-bond acceptors (Lipinski definition) is 2. The van der Waals surface area contributed by atoms with Crippen molar-refractivity contribution >= 4 is 11.8 Å². The van der Waals surface area contributed by atoms with Crippen molar-refractivity contribution in [1.29, 1.82) is 0 Å². The number of benzene rings is 2. The zero-order valence-electron chi connectivity index (χ0n) is 14.7. The van der Waals surface area contributed by atoms with Crippen molar-refractivity contribution in [2.45, 2.75) is 25.2 Å². The van der Waals surface area contributed by atoms with Crippen LogP contribution in [0.15, 0.2) is 54.6 Å². The standard InChI is InChI=1S/C20H19F3N2O2/c1-24-13-18(26)25(12-15-7-9-16(10-8-15)20(21,22)23)17(19(24)27)11-14-5-3-2-4-6-14/h2-10,17H,11-13H2,1H3/t17-/m1/s1. The fourth-order valence-corrected chi connectivity index (χ4v) is 3.16. The highest BCUT2D eigenvalue weighted by molar-refractivity contribution is 5.94. The smallest absolute Gasteiger partial charge is 0.335 e. The molecule has 1 atom stereocenters. The molecule has 3 rings (SSSR count). The molecule has 0 unspecified atom stereocenters. The lowest BCUT2D eigenvalue weighted by Crippen LogP contribution is -2.59. The maximum atomic E-state index is 12.7. The first-order chi connectivity index (χ1) is 12.8. The van der Waals surface area contributed by atoms with Gasteiger partial charge in [0.1, 0.15) is 6.04 Å². The zero-order valence-corrected chi connectivity index (χ0v) is 14.7. The van der Waals surface area contributed by atoms with Crippen molar-refractivity contribution < 1.29 is 22.8 Å². The number of carbonyl (C=O) groups excluding carboxylic acids is 2. The summed E-state index contributed by atoms with van der Waals surface area (Å²) in [4.78, 5) is 28.0. The van der Waals surface area contributed by atoms with E-state index in [9.17, 15) is 22.8 Å². The summed E-state index contributed by atoms with van der Waals surface area (Å²) < 4.78 is 38.2. The minimum atomic E-state index is -4.41. The molecule has 27 heavy (non-hydrogen) atoms. The Morgan fingerprint density at radius 3 is 2.19 bits per heavy atom. The van der Waals surface area contributed by atoms with Gasteiger partial charge >= 0.3 is 6.18 Å². The summed E-state index contributed by atoms with van der Waals surface area (Å²) in [5.41, 5.74) is 0.719. The van der Waals surface area contributed by atoms with Crippen molar-refractivity contribution in [3.63, 3.8) is 0 Å². The molecule has 1 aliphatic heterocycles. The molecule has 2 aromatic rings. The summed E-state index contributed by atoms with van der Waals surface area (Å²) in [6, 6.07) is 13.3. The normalized spacial score (nSPS) is 18.1. The van der Waals surface area contributed by atoms with Crippen molar-refractivity contribution in [2.75, 3.05) is 13.6 Å². The number of piperazine rings is 1. The van der Waals surface area contributed by atoms with E-state index in [2.05, 4.69) is 0 Å². The molecular weight excluding hydrogens is 357 g/mol. The second kappa shape index (κ2) is 7.42. The van der Waals surface area contributed by atoms with Crippen LogP contribution in [0.3, 0.4) is 0 Å². The molecule has 142 valence electrons. The minimum absolute atomic E-state index is 0.0369. The van der Waals surface area contributed by atoms with Crippen LogP contribution in [-0.2, 0) is 28.7 Å². The van der Waals surface area contributed by atoms with Gasteiger partial charge in [-0.1, -0.05) is 42.5 Å². The van der Waals surface area contributed by atoms with Crippen molar-refractivity contribution in [2.24, 2.45) is 0 Å². The number of carbonyl (C=O) groups is 2. The lowest BCUT2D eigenvalue weighted by Gasteiger charge is -2.39. The predicted octanol–water partition coefficient (Wildman–Crippen LogP) is 3.12. The number of alkyl halides is 3. The topological polar surface area (TPSA) is 40.6 Å². The first-order valence-electron chi connectivity index (χ1n) is 8.50. The molecule has 2 amide bonds. The van der Waals surface area contributed by atoms with Gasteiger partial charge in [-0.25, -0.2) is 0 Å². The molecular formula is C20H19F3N2O2.